The van der Waals surface area contributed by atoms with Crippen molar-refractivity contribution in [2.75, 3.05) is 13.2 Å². The second kappa shape index (κ2) is 5.98. The van der Waals surface area contributed by atoms with E-state index in [1.54, 1.807) is 6.92 Å². The summed E-state index contributed by atoms with van der Waals surface area (Å²) in [6.45, 7) is 12.5. The fraction of sp³-hybridized carbons (Fsp3) is 0.700. The van der Waals surface area contributed by atoms with Crippen molar-refractivity contribution in [2.24, 2.45) is 0 Å². The quantitative estimate of drug-likeness (QED) is 0.388. The summed E-state index contributed by atoms with van der Waals surface area (Å²) in [4.78, 5) is 11.0. The first-order chi connectivity index (χ1) is 6.39. The van der Waals surface area contributed by atoms with Crippen LogP contribution in [-0.4, -0.2) is 27.5 Å². The molecule has 0 heterocycles. The fourth-order valence-corrected chi connectivity index (χ4v) is 2.50. The van der Waals surface area contributed by atoms with E-state index >= 15 is 0 Å². The molecule has 0 radical (unpaired) electrons. The maximum atomic E-state index is 11.0. The SMILES string of the molecule is C=C(C)C(=O)OCC[Si](C)(C)OCC. The topological polar surface area (TPSA) is 35.5 Å². The van der Waals surface area contributed by atoms with Gasteiger partial charge in [-0.1, -0.05) is 6.58 Å². The van der Waals surface area contributed by atoms with Gasteiger partial charge in [-0.25, -0.2) is 4.79 Å². The van der Waals surface area contributed by atoms with Crippen molar-refractivity contribution in [1.82, 2.24) is 0 Å². The first-order valence-corrected chi connectivity index (χ1v) is 7.97. The molecule has 0 N–H and O–H groups in total. The molecule has 0 spiro atoms. The van der Waals surface area contributed by atoms with E-state index in [1.807, 2.05) is 6.92 Å². The Kier molecular flexibility index (Phi) is 5.72. The Bertz CT molecular complexity index is 211. The number of carbonyl (C=O) groups is 1. The van der Waals surface area contributed by atoms with E-state index in [0.717, 1.165) is 12.7 Å². The zero-order valence-corrected chi connectivity index (χ0v) is 10.6. The second-order valence-electron chi connectivity index (χ2n) is 3.86. The molecule has 0 unspecified atom stereocenters. The Labute approximate surface area is 87.2 Å². The second-order valence-corrected chi connectivity index (χ2v) is 8.17. The fourth-order valence-electron chi connectivity index (χ4n) is 0.976. The minimum absolute atomic E-state index is 0.314. The summed E-state index contributed by atoms with van der Waals surface area (Å²) in [5, 5.41) is 0. The van der Waals surface area contributed by atoms with Crippen LogP contribution in [0.5, 0.6) is 0 Å². The van der Waals surface area contributed by atoms with Gasteiger partial charge in [-0.05, 0) is 26.9 Å². The molecule has 4 heteroatoms. The summed E-state index contributed by atoms with van der Waals surface area (Å²) in [6.07, 6.45) is 0. The molecule has 3 nitrogen and oxygen atoms in total. The minimum Gasteiger partial charge on any atom is -0.463 e. The van der Waals surface area contributed by atoms with Gasteiger partial charge in [0.1, 0.15) is 0 Å². The van der Waals surface area contributed by atoms with Crippen molar-refractivity contribution in [3.8, 4) is 0 Å². The molecule has 14 heavy (non-hydrogen) atoms. The first kappa shape index (κ1) is 13.4. The highest BCUT2D eigenvalue weighted by Gasteiger charge is 2.21. The standard InChI is InChI=1S/C10H20O3Si/c1-6-13-14(4,5)8-7-12-10(11)9(2)3/h2,6-8H2,1,3-5H3. The van der Waals surface area contributed by atoms with Gasteiger partial charge >= 0.3 is 5.97 Å². The van der Waals surface area contributed by atoms with Crippen molar-refractivity contribution in [3.63, 3.8) is 0 Å². The largest absolute Gasteiger partial charge is 0.463 e. The van der Waals surface area contributed by atoms with Crippen LogP contribution in [0.2, 0.25) is 19.1 Å². The van der Waals surface area contributed by atoms with Crippen LogP contribution in [0.15, 0.2) is 12.2 Å². The van der Waals surface area contributed by atoms with Gasteiger partial charge in [-0.15, -0.1) is 0 Å². The summed E-state index contributed by atoms with van der Waals surface area (Å²) in [6, 6.07) is 0.833. The molecule has 0 saturated heterocycles. The van der Waals surface area contributed by atoms with Crippen LogP contribution >= 0.6 is 0 Å². The van der Waals surface area contributed by atoms with Gasteiger partial charge in [-0.2, -0.15) is 0 Å². The van der Waals surface area contributed by atoms with Gasteiger partial charge in [-0.3, -0.25) is 0 Å². The molecular weight excluding hydrogens is 196 g/mol. The number of carbonyl (C=O) groups excluding carboxylic acids is 1. The molecular formula is C10H20O3Si. The third-order valence-electron chi connectivity index (χ3n) is 1.82. The first-order valence-electron chi connectivity index (χ1n) is 4.85. The minimum atomic E-state index is -1.61. The number of esters is 1. The van der Waals surface area contributed by atoms with Crippen molar-refractivity contribution < 1.29 is 14.0 Å². The molecule has 82 valence electrons. The molecule has 0 saturated carbocycles. The van der Waals surface area contributed by atoms with Crippen molar-refractivity contribution in [3.05, 3.63) is 12.2 Å². The predicted octanol–water partition coefficient (Wildman–Crippen LogP) is 2.35. The van der Waals surface area contributed by atoms with E-state index in [9.17, 15) is 4.79 Å². The molecule has 0 aromatic rings. The smallest absolute Gasteiger partial charge is 0.333 e. The van der Waals surface area contributed by atoms with Crippen molar-refractivity contribution >= 4 is 14.3 Å². The molecule has 0 atom stereocenters. The lowest BCUT2D eigenvalue weighted by atomic mass is 10.4. The van der Waals surface area contributed by atoms with Crippen LogP contribution in [0.1, 0.15) is 13.8 Å². The molecule has 0 amide bonds. The summed E-state index contributed by atoms with van der Waals surface area (Å²) < 4.78 is 10.6. The van der Waals surface area contributed by atoms with Gasteiger partial charge in [0, 0.05) is 18.2 Å². The zero-order chi connectivity index (χ0) is 11.2. The molecule has 0 bridgehead atoms. The molecule has 0 aliphatic rings. The van der Waals surface area contributed by atoms with E-state index in [0.29, 0.717) is 12.2 Å². The Morgan fingerprint density at radius 1 is 1.43 bits per heavy atom. The zero-order valence-electron chi connectivity index (χ0n) is 9.55. The van der Waals surface area contributed by atoms with Crippen LogP contribution < -0.4 is 0 Å². The number of rotatable bonds is 6. The maximum absolute atomic E-state index is 11.0. The Hall–Kier alpha value is -0.613. The van der Waals surface area contributed by atoms with Crippen LogP contribution in [-0.2, 0) is 14.0 Å². The van der Waals surface area contributed by atoms with Gasteiger partial charge in [0.2, 0.25) is 0 Å². The van der Waals surface area contributed by atoms with Crippen LogP contribution in [0.3, 0.4) is 0 Å². The highest BCUT2D eigenvalue weighted by Crippen LogP contribution is 2.11. The predicted molar refractivity (Wildman–Crippen MR) is 59.7 cm³/mol. The average molecular weight is 216 g/mol. The van der Waals surface area contributed by atoms with E-state index < -0.39 is 8.32 Å². The molecule has 0 aliphatic carbocycles. The van der Waals surface area contributed by atoms with Gasteiger partial charge in [0.15, 0.2) is 8.32 Å². The Balaban J connectivity index is 3.73. The van der Waals surface area contributed by atoms with Crippen molar-refractivity contribution in [1.29, 1.82) is 0 Å². The molecule has 0 aromatic carbocycles. The average Bonchev–Trinajstić information content (AvgIpc) is 2.03. The highest BCUT2D eigenvalue weighted by atomic mass is 28.4. The van der Waals surface area contributed by atoms with Crippen LogP contribution in [0.4, 0.5) is 0 Å². The summed E-state index contributed by atoms with van der Waals surface area (Å²) in [5.74, 6) is -0.314. The van der Waals surface area contributed by atoms with E-state index in [2.05, 4.69) is 19.7 Å². The molecule has 0 aliphatic heterocycles. The summed E-state index contributed by atoms with van der Waals surface area (Å²) >= 11 is 0. The summed E-state index contributed by atoms with van der Waals surface area (Å²) in [7, 11) is -1.61. The summed E-state index contributed by atoms with van der Waals surface area (Å²) in [5.41, 5.74) is 0.445. The number of hydrogen-bond acceptors (Lipinski definition) is 3. The molecule has 0 aromatic heterocycles. The van der Waals surface area contributed by atoms with E-state index in [-0.39, 0.29) is 5.97 Å². The van der Waals surface area contributed by atoms with Gasteiger partial charge in [0.05, 0.1) is 6.61 Å². The van der Waals surface area contributed by atoms with Crippen LogP contribution in [0, 0.1) is 0 Å². The van der Waals surface area contributed by atoms with Gasteiger partial charge < -0.3 is 9.16 Å². The number of ether oxygens (including phenoxy) is 1. The lowest BCUT2D eigenvalue weighted by Gasteiger charge is -2.21. The normalized spacial score (nSPS) is 11.1. The maximum Gasteiger partial charge on any atom is 0.333 e. The monoisotopic (exact) mass is 216 g/mol. The third kappa shape index (κ3) is 5.94. The molecule has 0 rings (SSSR count). The van der Waals surface area contributed by atoms with E-state index in [4.69, 9.17) is 9.16 Å². The van der Waals surface area contributed by atoms with Crippen LogP contribution in [0.25, 0.3) is 0 Å². The lowest BCUT2D eigenvalue weighted by molar-refractivity contribution is -0.138. The highest BCUT2D eigenvalue weighted by molar-refractivity contribution is 6.71. The van der Waals surface area contributed by atoms with Gasteiger partial charge in [0.25, 0.3) is 0 Å². The van der Waals surface area contributed by atoms with Crippen molar-refractivity contribution in [2.45, 2.75) is 33.0 Å². The Morgan fingerprint density at radius 3 is 2.43 bits per heavy atom. The molecule has 0 fully saturated rings. The number of hydrogen-bond donors (Lipinski definition) is 0. The lowest BCUT2D eigenvalue weighted by Crippen LogP contribution is -2.32. The third-order valence-corrected chi connectivity index (χ3v) is 4.30. The Morgan fingerprint density at radius 2 is 2.00 bits per heavy atom. The van der Waals surface area contributed by atoms with E-state index in [1.165, 1.54) is 0 Å².